The van der Waals surface area contributed by atoms with Crippen LogP contribution >= 0.6 is 0 Å². The Labute approximate surface area is 128 Å². The van der Waals surface area contributed by atoms with Gasteiger partial charge in [0, 0.05) is 24.0 Å². The molecule has 1 aromatic rings. The van der Waals surface area contributed by atoms with Crippen LogP contribution in [0.2, 0.25) is 0 Å². The minimum absolute atomic E-state index is 0.698. The molecule has 3 aliphatic rings. The monoisotopic (exact) mass is 288 g/mol. The van der Waals surface area contributed by atoms with Crippen molar-refractivity contribution < 1.29 is 4.42 Å². The Morgan fingerprint density at radius 3 is 2.52 bits per heavy atom. The average molecular weight is 288 g/mol. The molecule has 4 atom stereocenters. The smallest absolute Gasteiger partial charge is 0.118 e. The number of furan rings is 1. The summed E-state index contributed by atoms with van der Waals surface area (Å²) in [7, 11) is 0. The van der Waals surface area contributed by atoms with Gasteiger partial charge in [0.15, 0.2) is 0 Å². The van der Waals surface area contributed by atoms with Gasteiger partial charge in [-0.25, -0.2) is 0 Å². The fourth-order valence-electron chi connectivity index (χ4n) is 4.42. The normalized spacial score (nSPS) is 38.1. The van der Waals surface area contributed by atoms with Gasteiger partial charge in [-0.1, -0.05) is 13.8 Å². The van der Waals surface area contributed by atoms with Gasteiger partial charge in [0.1, 0.15) is 11.5 Å². The van der Waals surface area contributed by atoms with Gasteiger partial charge in [-0.05, 0) is 56.7 Å². The minimum atomic E-state index is 0.698. The van der Waals surface area contributed by atoms with Crippen molar-refractivity contribution in [1.82, 2.24) is 10.2 Å². The molecule has 0 radical (unpaired) electrons. The van der Waals surface area contributed by atoms with Crippen molar-refractivity contribution in [2.45, 2.75) is 76.5 Å². The van der Waals surface area contributed by atoms with E-state index < -0.39 is 0 Å². The molecule has 2 aliphatic heterocycles. The van der Waals surface area contributed by atoms with Gasteiger partial charge >= 0.3 is 0 Å². The minimum Gasteiger partial charge on any atom is -0.464 e. The first-order chi connectivity index (χ1) is 10.2. The fourth-order valence-corrected chi connectivity index (χ4v) is 4.42. The number of piperidine rings is 1. The van der Waals surface area contributed by atoms with Gasteiger partial charge < -0.3 is 9.73 Å². The van der Waals surface area contributed by atoms with Gasteiger partial charge in [-0.2, -0.15) is 0 Å². The lowest BCUT2D eigenvalue weighted by molar-refractivity contribution is 0.131. The molecule has 3 nitrogen and oxygen atoms in total. The molecular formula is C18H28N2O. The van der Waals surface area contributed by atoms with E-state index in [0.29, 0.717) is 5.92 Å². The summed E-state index contributed by atoms with van der Waals surface area (Å²) in [5.74, 6) is 3.91. The third-order valence-corrected chi connectivity index (χ3v) is 5.89. The maximum absolute atomic E-state index is 6.11. The molecule has 3 heteroatoms. The summed E-state index contributed by atoms with van der Waals surface area (Å²) >= 11 is 0. The van der Waals surface area contributed by atoms with Crippen LogP contribution in [0.5, 0.6) is 0 Å². The highest BCUT2D eigenvalue weighted by atomic mass is 16.3. The third kappa shape index (κ3) is 2.78. The number of nitrogens with one attached hydrogen (secondary N) is 1. The molecule has 1 aromatic heterocycles. The van der Waals surface area contributed by atoms with Crippen molar-refractivity contribution in [1.29, 1.82) is 0 Å². The van der Waals surface area contributed by atoms with Crippen LogP contribution in [0.3, 0.4) is 0 Å². The largest absolute Gasteiger partial charge is 0.464 e. The summed E-state index contributed by atoms with van der Waals surface area (Å²) in [5.41, 5.74) is 0. The van der Waals surface area contributed by atoms with Crippen molar-refractivity contribution in [2.24, 2.45) is 5.92 Å². The van der Waals surface area contributed by atoms with E-state index in [1.807, 2.05) is 0 Å². The second kappa shape index (κ2) is 5.44. The molecule has 0 amide bonds. The van der Waals surface area contributed by atoms with E-state index >= 15 is 0 Å². The van der Waals surface area contributed by atoms with E-state index in [2.05, 4.69) is 36.2 Å². The Balaban J connectivity index is 1.40. The first-order valence-electron chi connectivity index (χ1n) is 8.81. The Hall–Kier alpha value is -0.800. The molecule has 0 aromatic carbocycles. The van der Waals surface area contributed by atoms with Crippen molar-refractivity contribution in [3.63, 3.8) is 0 Å². The van der Waals surface area contributed by atoms with Gasteiger partial charge in [0.25, 0.3) is 0 Å². The topological polar surface area (TPSA) is 28.4 Å². The standard InChI is InChI=1S/C18H28N2O/c1-3-20(15-9-13-4-5-14(10-15)19-13)11-16-6-7-18(21-16)17-8-12(17)2/h6-7,12-15,17,19H,3-5,8-11H2,1-2H3. The number of nitrogens with zero attached hydrogens (tertiary/aromatic N) is 1. The molecular weight excluding hydrogens is 260 g/mol. The Morgan fingerprint density at radius 1 is 1.19 bits per heavy atom. The van der Waals surface area contributed by atoms with Crippen LogP contribution in [0, 0.1) is 5.92 Å². The molecule has 1 saturated carbocycles. The zero-order valence-corrected chi connectivity index (χ0v) is 13.3. The summed E-state index contributed by atoms with van der Waals surface area (Å²) < 4.78 is 6.11. The Kier molecular flexibility index (Phi) is 3.58. The molecule has 4 rings (SSSR count). The number of rotatable bonds is 5. The second-order valence-corrected chi connectivity index (χ2v) is 7.45. The van der Waals surface area contributed by atoms with E-state index in [1.54, 1.807) is 0 Å². The number of fused-ring (bicyclic) bond motifs is 2. The highest BCUT2D eigenvalue weighted by molar-refractivity contribution is 5.17. The molecule has 1 N–H and O–H groups in total. The predicted molar refractivity (Wildman–Crippen MR) is 84.3 cm³/mol. The molecule has 2 bridgehead atoms. The van der Waals surface area contributed by atoms with Crippen LogP contribution in [0.25, 0.3) is 0 Å². The van der Waals surface area contributed by atoms with Crippen molar-refractivity contribution in [3.05, 3.63) is 23.7 Å². The summed E-state index contributed by atoms with van der Waals surface area (Å²) in [6.07, 6.45) is 6.70. The zero-order chi connectivity index (χ0) is 14.4. The lowest BCUT2D eigenvalue weighted by atomic mass is 9.98. The average Bonchev–Trinajstić information content (AvgIpc) is 2.90. The first kappa shape index (κ1) is 13.8. The molecule has 2 saturated heterocycles. The van der Waals surface area contributed by atoms with Crippen LogP contribution in [0.1, 0.15) is 63.4 Å². The lowest BCUT2D eigenvalue weighted by Gasteiger charge is -2.36. The summed E-state index contributed by atoms with van der Waals surface area (Å²) in [6, 6.07) is 6.69. The van der Waals surface area contributed by atoms with Gasteiger partial charge in [-0.3, -0.25) is 4.90 Å². The van der Waals surface area contributed by atoms with Gasteiger partial charge in [-0.15, -0.1) is 0 Å². The van der Waals surface area contributed by atoms with Gasteiger partial charge in [0.05, 0.1) is 6.54 Å². The highest BCUT2D eigenvalue weighted by Gasteiger charge is 2.37. The fraction of sp³-hybridized carbons (Fsp3) is 0.778. The first-order valence-corrected chi connectivity index (χ1v) is 8.81. The maximum Gasteiger partial charge on any atom is 0.118 e. The predicted octanol–water partition coefficient (Wildman–Crippen LogP) is 3.51. The SMILES string of the molecule is CCN(Cc1ccc(C2CC2C)o1)C1CC2CCC(C1)N2. The number of hydrogen-bond donors (Lipinski definition) is 1. The Morgan fingerprint density at radius 2 is 1.90 bits per heavy atom. The quantitative estimate of drug-likeness (QED) is 0.899. The molecule has 21 heavy (non-hydrogen) atoms. The van der Waals surface area contributed by atoms with E-state index in [9.17, 15) is 0 Å². The molecule has 3 fully saturated rings. The molecule has 1 aliphatic carbocycles. The summed E-state index contributed by atoms with van der Waals surface area (Å²) in [5, 5.41) is 3.75. The molecule has 116 valence electrons. The maximum atomic E-state index is 6.11. The molecule has 0 spiro atoms. The van der Waals surface area contributed by atoms with Crippen LogP contribution in [-0.4, -0.2) is 29.6 Å². The van der Waals surface area contributed by atoms with Crippen LogP contribution in [0.15, 0.2) is 16.5 Å². The van der Waals surface area contributed by atoms with Crippen LogP contribution in [-0.2, 0) is 6.54 Å². The summed E-state index contributed by atoms with van der Waals surface area (Å²) in [4.78, 5) is 2.63. The number of hydrogen-bond acceptors (Lipinski definition) is 3. The second-order valence-electron chi connectivity index (χ2n) is 7.45. The van der Waals surface area contributed by atoms with E-state index in [0.717, 1.165) is 42.9 Å². The molecule has 4 unspecified atom stereocenters. The molecule has 3 heterocycles. The summed E-state index contributed by atoms with van der Waals surface area (Å²) in [6.45, 7) is 6.72. The third-order valence-electron chi connectivity index (χ3n) is 5.89. The van der Waals surface area contributed by atoms with Crippen molar-refractivity contribution >= 4 is 0 Å². The zero-order valence-electron chi connectivity index (χ0n) is 13.3. The lowest BCUT2D eigenvalue weighted by Crippen LogP contribution is -2.47. The van der Waals surface area contributed by atoms with E-state index in [4.69, 9.17) is 4.42 Å². The van der Waals surface area contributed by atoms with Crippen LogP contribution in [0.4, 0.5) is 0 Å². The Bertz CT molecular complexity index is 485. The van der Waals surface area contributed by atoms with Crippen molar-refractivity contribution in [3.8, 4) is 0 Å². The van der Waals surface area contributed by atoms with Crippen LogP contribution < -0.4 is 5.32 Å². The van der Waals surface area contributed by atoms with E-state index in [1.165, 1.54) is 37.9 Å². The van der Waals surface area contributed by atoms with Gasteiger partial charge in [0.2, 0.25) is 0 Å². The van der Waals surface area contributed by atoms with E-state index in [-0.39, 0.29) is 0 Å². The highest BCUT2D eigenvalue weighted by Crippen LogP contribution is 2.47. The van der Waals surface area contributed by atoms with Crippen molar-refractivity contribution in [2.75, 3.05) is 6.54 Å².